The van der Waals surface area contributed by atoms with Crippen LogP contribution in [0.4, 0.5) is 27.7 Å². The van der Waals surface area contributed by atoms with E-state index in [0.717, 1.165) is 0 Å². The molecule has 3 heterocycles. The zero-order valence-corrected chi connectivity index (χ0v) is 14.9. The number of rotatable bonds is 3. The van der Waals surface area contributed by atoms with Crippen molar-refractivity contribution in [3.05, 3.63) is 35.6 Å². The Morgan fingerprint density at radius 3 is 2.68 bits per heavy atom. The predicted octanol–water partition coefficient (Wildman–Crippen LogP) is 1.10. The van der Waals surface area contributed by atoms with Crippen molar-refractivity contribution in [1.29, 1.82) is 0 Å². The van der Waals surface area contributed by atoms with Gasteiger partial charge in [0.05, 0.1) is 24.7 Å². The lowest BCUT2D eigenvalue weighted by Gasteiger charge is -2.30. The number of nitrogens with two attached hydrogens (primary N) is 1. The van der Waals surface area contributed by atoms with Crippen molar-refractivity contribution in [2.45, 2.75) is 12.3 Å². The van der Waals surface area contributed by atoms with Gasteiger partial charge in [0.2, 0.25) is 17.8 Å². The van der Waals surface area contributed by atoms with Crippen LogP contribution in [0.3, 0.4) is 0 Å². The second kappa shape index (κ2) is 7.39. The molecule has 1 aromatic heterocycles. The van der Waals surface area contributed by atoms with Crippen LogP contribution in [0.25, 0.3) is 0 Å². The molecule has 10 heteroatoms. The van der Waals surface area contributed by atoms with Crippen molar-refractivity contribution in [2.75, 3.05) is 47.6 Å². The van der Waals surface area contributed by atoms with Crippen molar-refractivity contribution < 1.29 is 18.7 Å². The van der Waals surface area contributed by atoms with Crippen LogP contribution in [-0.2, 0) is 14.3 Å². The number of anilines is 4. The summed E-state index contributed by atoms with van der Waals surface area (Å²) in [6.45, 7) is 2.33. The molecule has 4 N–H and O–H groups in total. The lowest BCUT2D eigenvalue weighted by atomic mass is 9.92. The summed E-state index contributed by atoms with van der Waals surface area (Å²) in [5.74, 6) is -1.24. The van der Waals surface area contributed by atoms with E-state index in [1.54, 1.807) is 0 Å². The van der Waals surface area contributed by atoms with Gasteiger partial charge in [-0.3, -0.25) is 9.59 Å². The van der Waals surface area contributed by atoms with E-state index in [4.69, 9.17) is 10.5 Å². The number of morpholine rings is 1. The molecule has 146 valence electrons. The number of hydrogen-bond donors (Lipinski definition) is 3. The predicted molar refractivity (Wildman–Crippen MR) is 100 cm³/mol. The van der Waals surface area contributed by atoms with Gasteiger partial charge in [-0.25, -0.2) is 4.39 Å². The minimum absolute atomic E-state index is 0.0789. The SMILES string of the molecule is Nc1nc(N2CCOCC2)nc2c1[C@@H](C(=O)Nc1ccc(F)cc1)CC(=O)N2. The van der Waals surface area contributed by atoms with Gasteiger partial charge in [0.15, 0.2) is 0 Å². The maximum Gasteiger partial charge on any atom is 0.232 e. The minimum Gasteiger partial charge on any atom is -0.383 e. The average molecular weight is 386 g/mol. The molecule has 1 saturated heterocycles. The number of aromatic nitrogens is 2. The van der Waals surface area contributed by atoms with Crippen LogP contribution >= 0.6 is 0 Å². The quantitative estimate of drug-likeness (QED) is 0.722. The zero-order valence-electron chi connectivity index (χ0n) is 14.9. The topological polar surface area (TPSA) is 122 Å². The number of amides is 2. The minimum atomic E-state index is -0.840. The van der Waals surface area contributed by atoms with Gasteiger partial charge in [0.1, 0.15) is 17.5 Å². The Balaban J connectivity index is 1.63. The average Bonchev–Trinajstić information content (AvgIpc) is 2.69. The molecule has 0 unspecified atom stereocenters. The van der Waals surface area contributed by atoms with E-state index in [-0.39, 0.29) is 24.0 Å². The first-order valence-electron chi connectivity index (χ1n) is 8.87. The highest BCUT2D eigenvalue weighted by atomic mass is 19.1. The van der Waals surface area contributed by atoms with Gasteiger partial charge < -0.3 is 26.0 Å². The van der Waals surface area contributed by atoms with Crippen molar-refractivity contribution in [1.82, 2.24) is 9.97 Å². The second-order valence-corrected chi connectivity index (χ2v) is 6.57. The summed E-state index contributed by atoms with van der Waals surface area (Å²) in [5.41, 5.74) is 6.95. The van der Waals surface area contributed by atoms with E-state index < -0.39 is 17.6 Å². The first-order chi connectivity index (χ1) is 13.5. The molecule has 28 heavy (non-hydrogen) atoms. The van der Waals surface area contributed by atoms with E-state index in [1.807, 2.05) is 4.90 Å². The fraction of sp³-hybridized carbons (Fsp3) is 0.333. The molecule has 0 saturated carbocycles. The highest BCUT2D eigenvalue weighted by Crippen LogP contribution is 2.36. The van der Waals surface area contributed by atoms with Gasteiger partial charge in [0, 0.05) is 25.2 Å². The molecule has 0 bridgehead atoms. The number of nitrogens with zero attached hydrogens (tertiary/aromatic N) is 3. The van der Waals surface area contributed by atoms with E-state index in [1.165, 1.54) is 24.3 Å². The van der Waals surface area contributed by atoms with Crippen LogP contribution in [0.15, 0.2) is 24.3 Å². The fourth-order valence-electron chi connectivity index (χ4n) is 3.28. The molecule has 1 atom stereocenters. The molecular formula is C18H19FN6O3. The lowest BCUT2D eigenvalue weighted by Crippen LogP contribution is -2.38. The van der Waals surface area contributed by atoms with Gasteiger partial charge in [-0.1, -0.05) is 0 Å². The van der Waals surface area contributed by atoms with E-state index in [2.05, 4.69) is 20.6 Å². The molecule has 1 fully saturated rings. The standard InChI is InChI=1S/C18H19FN6O3/c19-10-1-3-11(4-2-10)21-17(27)12-9-13(26)22-16-14(12)15(20)23-18(24-16)25-5-7-28-8-6-25/h1-4,12H,5-9H2,(H,21,27)(H3,20,22,23,24,26)/t12-/m0/s1. The van der Waals surface area contributed by atoms with Crippen LogP contribution < -0.4 is 21.3 Å². The first-order valence-corrected chi connectivity index (χ1v) is 8.87. The van der Waals surface area contributed by atoms with Crippen LogP contribution in [0, 0.1) is 5.82 Å². The Labute approximate surface area is 160 Å². The van der Waals surface area contributed by atoms with Crippen LogP contribution in [0.1, 0.15) is 17.9 Å². The van der Waals surface area contributed by atoms with E-state index in [9.17, 15) is 14.0 Å². The Morgan fingerprint density at radius 2 is 1.96 bits per heavy atom. The number of nitrogens with one attached hydrogen (secondary N) is 2. The van der Waals surface area contributed by atoms with Crippen molar-refractivity contribution in [3.63, 3.8) is 0 Å². The zero-order chi connectivity index (χ0) is 19.7. The third-order valence-corrected chi connectivity index (χ3v) is 4.68. The maximum atomic E-state index is 13.1. The maximum absolute atomic E-state index is 13.1. The van der Waals surface area contributed by atoms with E-state index >= 15 is 0 Å². The Kier molecular flexibility index (Phi) is 4.78. The van der Waals surface area contributed by atoms with Gasteiger partial charge in [-0.05, 0) is 24.3 Å². The Morgan fingerprint density at radius 1 is 1.25 bits per heavy atom. The molecule has 4 rings (SSSR count). The summed E-state index contributed by atoms with van der Waals surface area (Å²) in [5, 5.41) is 5.36. The number of ether oxygens (including phenoxy) is 1. The highest BCUT2D eigenvalue weighted by Gasteiger charge is 2.35. The third-order valence-electron chi connectivity index (χ3n) is 4.68. The number of carbonyl (C=O) groups is 2. The van der Waals surface area contributed by atoms with Crippen molar-refractivity contribution in [3.8, 4) is 0 Å². The van der Waals surface area contributed by atoms with Crippen LogP contribution in [-0.4, -0.2) is 48.1 Å². The second-order valence-electron chi connectivity index (χ2n) is 6.57. The smallest absolute Gasteiger partial charge is 0.232 e. The number of carbonyl (C=O) groups excluding carboxylic acids is 2. The first kappa shape index (κ1) is 18.1. The molecule has 1 aromatic carbocycles. The Hall–Kier alpha value is -3.27. The molecule has 0 radical (unpaired) electrons. The molecule has 0 spiro atoms. The molecule has 9 nitrogen and oxygen atoms in total. The normalized spacial score (nSPS) is 19.0. The van der Waals surface area contributed by atoms with Crippen LogP contribution in [0.2, 0.25) is 0 Å². The number of halogens is 1. The number of benzene rings is 1. The van der Waals surface area contributed by atoms with Crippen molar-refractivity contribution in [2.24, 2.45) is 0 Å². The summed E-state index contributed by atoms with van der Waals surface area (Å²) in [7, 11) is 0. The molecule has 0 aliphatic carbocycles. The fourth-order valence-corrected chi connectivity index (χ4v) is 3.28. The third kappa shape index (κ3) is 3.58. The number of nitrogen functional groups attached to an aromatic ring is 1. The van der Waals surface area contributed by atoms with Gasteiger partial charge in [-0.2, -0.15) is 9.97 Å². The number of fused-ring (bicyclic) bond motifs is 1. The lowest BCUT2D eigenvalue weighted by molar-refractivity contribution is -0.123. The van der Waals surface area contributed by atoms with Gasteiger partial charge >= 0.3 is 0 Å². The van der Waals surface area contributed by atoms with Crippen LogP contribution in [0.5, 0.6) is 0 Å². The summed E-state index contributed by atoms with van der Waals surface area (Å²) in [4.78, 5) is 35.6. The monoisotopic (exact) mass is 386 g/mol. The summed E-state index contributed by atoms with van der Waals surface area (Å²) in [6, 6.07) is 5.36. The summed E-state index contributed by atoms with van der Waals surface area (Å²) < 4.78 is 18.4. The van der Waals surface area contributed by atoms with Crippen molar-refractivity contribution >= 4 is 35.1 Å². The van der Waals surface area contributed by atoms with Gasteiger partial charge in [0.25, 0.3) is 0 Å². The molecule has 2 amide bonds. The number of hydrogen-bond acceptors (Lipinski definition) is 7. The molecule has 2 aliphatic heterocycles. The van der Waals surface area contributed by atoms with Gasteiger partial charge in [-0.15, -0.1) is 0 Å². The highest BCUT2D eigenvalue weighted by molar-refractivity contribution is 6.05. The molecular weight excluding hydrogens is 367 g/mol. The summed E-state index contributed by atoms with van der Waals surface area (Å²) >= 11 is 0. The molecule has 2 aliphatic rings. The Bertz CT molecular complexity index is 914. The van der Waals surface area contributed by atoms with E-state index in [0.29, 0.717) is 43.5 Å². The largest absolute Gasteiger partial charge is 0.383 e. The molecule has 2 aromatic rings. The summed E-state index contributed by atoms with van der Waals surface area (Å²) in [6.07, 6.45) is -0.0789.